The Morgan fingerprint density at radius 3 is 2.61 bits per heavy atom. The van der Waals surface area contributed by atoms with Crippen molar-refractivity contribution in [3.05, 3.63) is 84.4 Å². The molecular weight excluding hydrogens is 386 g/mol. The Hall–Kier alpha value is -3.47. The fraction of sp³-hybridized carbons (Fsp3) is 0.269. The van der Waals surface area contributed by atoms with Gasteiger partial charge in [-0.2, -0.15) is 0 Å². The largest absolute Gasteiger partial charge is 0.497 e. The molecule has 1 amide bonds. The number of benzene rings is 3. The second-order valence-corrected chi connectivity index (χ2v) is 8.20. The van der Waals surface area contributed by atoms with Crippen molar-refractivity contribution < 1.29 is 9.53 Å². The molecule has 2 aliphatic heterocycles. The lowest BCUT2D eigenvalue weighted by Gasteiger charge is -2.49. The fourth-order valence-electron chi connectivity index (χ4n) is 4.87. The van der Waals surface area contributed by atoms with E-state index < -0.39 is 0 Å². The van der Waals surface area contributed by atoms with Crippen molar-refractivity contribution in [1.29, 1.82) is 0 Å². The molecule has 0 saturated carbocycles. The van der Waals surface area contributed by atoms with E-state index in [9.17, 15) is 4.79 Å². The summed E-state index contributed by atoms with van der Waals surface area (Å²) >= 11 is 0. The van der Waals surface area contributed by atoms with E-state index in [1.807, 2.05) is 30.3 Å². The fourth-order valence-corrected chi connectivity index (χ4v) is 4.87. The van der Waals surface area contributed by atoms with E-state index >= 15 is 0 Å². The molecule has 0 spiro atoms. The van der Waals surface area contributed by atoms with Gasteiger partial charge < -0.3 is 19.9 Å². The first kappa shape index (κ1) is 19.5. The van der Waals surface area contributed by atoms with Crippen molar-refractivity contribution in [2.24, 2.45) is 5.92 Å². The Balaban J connectivity index is 1.44. The third kappa shape index (κ3) is 3.83. The number of rotatable bonds is 4. The molecule has 0 aromatic heterocycles. The molecule has 2 aliphatic rings. The maximum atomic E-state index is 13.5. The summed E-state index contributed by atoms with van der Waals surface area (Å²) < 4.78 is 5.31. The zero-order chi connectivity index (χ0) is 21.2. The van der Waals surface area contributed by atoms with Crippen LogP contribution in [0.1, 0.15) is 5.56 Å². The molecule has 5 heteroatoms. The van der Waals surface area contributed by atoms with Crippen LogP contribution in [0.5, 0.6) is 5.75 Å². The van der Waals surface area contributed by atoms with Crippen LogP contribution in [0, 0.1) is 5.92 Å². The number of nitrogens with one attached hydrogen (secondary N) is 1. The molecule has 3 aromatic carbocycles. The van der Waals surface area contributed by atoms with Crippen molar-refractivity contribution in [3.63, 3.8) is 0 Å². The number of hydrogen-bond donors (Lipinski definition) is 1. The van der Waals surface area contributed by atoms with Crippen LogP contribution in [0.4, 0.5) is 17.1 Å². The Morgan fingerprint density at radius 2 is 1.77 bits per heavy atom. The van der Waals surface area contributed by atoms with E-state index in [0.717, 1.165) is 37.5 Å². The molecule has 3 aromatic rings. The summed E-state index contributed by atoms with van der Waals surface area (Å²) in [5, 5.41) is 3.14. The van der Waals surface area contributed by atoms with E-state index in [1.54, 1.807) is 7.11 Å². The van der Waals surface area contributed by atoms with E-state index in [-0.39, 0.29) is 17.9 Å². The summed E-state index contributed by atoms with van der Waals surface area (Å²) in [6.07, 6.45) is 0.746. The van der Waals surface area contributed by atoms with Crippen molar-refractivity contribution in [1.82, 2.24) is 0 Å². The molecular formula is C26H27N3O2. The summed E-state index contributed by atoms with van der Waals surface area (Å²) in [7, 11) is 1.64. The van der Waals surface area contributed by atoms with Crippen LogP contribution >= 0.6 is 0 Å². The molecule has 5 rings (SSSR count). The minimum atomic E-state index is -0.132. The van der Waals surface area contributed by atoms with Gasteiger partial charge in [0.05, 0.1) is 19.1 Å². The van der Waals surface area contributed by atoms with Crippen LogP contribution in [0.2, 0.25) is 0 Å². The van der Waals surface area contributed by atoms with Crippen LogP contribution in [0.15, 0.2) is 78.9 Å². The highest BCUT2D eigenvalue weighted by atomic mass is 16.5. The number of amides is 1. The van der Waals surface area contributed by atoms with Crippen molar-refractivity contribution in [2.75, 3.05) is 41.9 Å². The molecule has 0 radical (unpaired) electrons. The third-order valence-corrected chi connectivity index (χ3v) is 6.42. The molecule has 1 fully saturated rings. The normalized spacial score (nSPS) is 19.9. The van der Waals surface area contributed by atoms with Gasteiger partial charge in [-0.3, -0.25) is 4.79 Å². The molecule has 1 saturated heterocycles. The lowest BCUT2D eigenvalue weighted by Crippen LogP contribution is -2.60. The summed E-state index contributed by atoms with van der Waals surface area (Å²) in [4.78, 5) is 18.3. The van der Waals surface area contributed by atoms with Gasteiger partial charge in [0, 0.05) is 42.8 Å². The average molecular weight is 414 g/mol. The molecule has 0 aliphatic carbocycles. The molecule has 0 bridgehead atoms. The van der Waals surface area contributed by atoms with E-state index in [0.29, 0.717) is 0 Å². The van der Waals surface area contributed by atoms with Crippen molar-refractivity contribution in [2.45, 2.75) is 12.5 Å². The van der Waals surface area contributed by atoms with Gasteiger partial charge >= 0.3 is 0 Å². The van der Waals surface area contributed by atoms with Crippen molar-refractivity contribution >= 4 is 23.0 Å². The lowest BCUT2D eigenvalue weighted by molar-refractivity contribution is -0.120. The number of fused-ring (bicyclic) bond motifs is 3. The summed E-state index contributed by atoms with van der Waals surface area (Å²) in [6, 6.07) is 26.7. The molecule has 2 atom stereocenters. The molecule has 2 heterocycles. The van der Waals surface area contributed by atoms with Crippen LogP contribution in [0.25, 0.3) is 0 Å². The average Bonchev–Trinajstić information content (AvgIpc) is 2.83. The van der Waals surface area contributed by atoms with Gasteiger partial charge in [0.2, 0.25) is 5.91 Å². The van der Waals surface area contributed by atoms with Gasteiger partial charge in [-0.1, -0.05) is 42.5 Å². The highest BCUT2D eigenvalue weighted by molar-refractivity contribution is 5.94. The molecule has 158 valence electrons. The first-order valence-electron chi connectivity index (χ1n) is 10.8. The maximum absolute atomic E-state index is 13.5. The number of piperazine rings is 1. The van der Waals surface area contributed by atoms with Crippen LogP contribution in [0.3, 0.4) is 0 Å². The molecule has 5 nitrogen and oxygen atoms in total. The smallest absolute Gasteiger partial charge is 0.229 e. The standard InChI is InChI=1S/C26H27N3O2/c1-31-22-12-7-9-20(17-22)27-26(30)23-16-19-8-5-6-13-24(19)29-15-14-28(18-25(23)29)21-10-3-2-4-11-21/h2-13,17,23,25H,14-16,18H2,1H3,(H,27,30)/t23-,25-/m1/s1. The highest BCUT2D eigenvalue weighted by Gasteiger charge is 2.41. The molecule has 31 heavy (non-hydrogen) atoms. The summed E-state index contributed by atoms with van der Waals surface area (Å²) in [5.74, 6) is 0.668. The van der Waals surface area contributed by atoms with E-state index in [1.165, 1.54) is 16.9 Å². The number of methoxy groups -OCH3 is 1. The second-order valence-electron chi connectivity index (χ2n) is 8.20. The predicted octanol–water partition coefficient (Wildman–Crippen LogP) is 4.20. The third-order valence-electron chi connectivity index (χ3n) is 6.42. The monoisotopic (exact) mass is 413 g/mol. The maximum Gasteiger partial charge on any atom is 0.229 e. The van der Waals surface area contributed by atoms with Gasteiger partial charge in [-0.25, -0.2) is 0 Å². The first-order valence-corrected chi connectivity index (χ1v) is 10.8. The topological polar surface area (TPSA) is 44.8 Å². The predicted molar refractivity (Wildman–Crippen MR) is 125 cm³/mol. The molecule has 0 unspecified atom stereocenters. The van der Waals surface area contributed by atoms with Gasteiger partial charge in [-0.05, 0) is 42.3 Å². The minimum Gasteiger partial charge on any atom is -0.497 e. The van der Waals surface area contributed by atoms with Crippen LogP contribution in [-0.4, -0.2) is 38.7 Å². The highest BCUT2D eigenvalue weighted by Crippen LogP contribution is 2.37. The van der Waals surface area contributed by atoms with Crippen LogP contribution < -0.4 is 19.9 Å². The van der Waals surface area contributed by atoms with Gasteiger partial charge in [0.1, 0.15) is 5.75 Å². The lowest BCUT2D eigenvalue weighted by atomic mass is 9.83. The Kier molecular flexibility index (Phi) is 5.24. The number of ether oxygens (including phenoxy) is 1. The Morgan fingerprint density at radius 1 is 0.968 bits per heavy atom. The zero-order valence-corrected chi connectivity index (χ0v) is 17.7. The molecule has 1 N–H and O–H groups in total. The number of carbonyl (C=O) groups excluding carboxylic acids is 1. The number of anilines is 3. The van der Waals surface area contributed by atoms with Gasteiger partial charge in [-0.15, -0.1) is 0 Å². The van der Waals surface area contributed by atoms with Crippen molar-refractivity contribution in [3.8, 4) is 5.75 Å². The number of nitrogens with zero attached hydrogens (tertiary/aromatic N) is 2. The Bertz CT molecular complexity index is 1070. The first-order chi connectivity index (χ1) is 15.2. The van der Waals surface area contributed by atoms with Gasteiger partial charge in [0.25, 0.3) is 0 Å². The summed E-state index contributed by atoms with van der Waals surface area (Å²) in [6.45, 7) is 2.67. The number of hydrogen-bond acceptors (Lipinski definition) is 4. The quantitative estimate of drug-likeness (QED) is 0.696. The summed E-state index contributed by atoms with van der Waals surface area (Å²) in [5.41, 5.74) is 4.50. The van der Waals surface area contributed by atoms with Gasteiger partial charge in [0.15, 0.2) is 0 Å². The SMILES string of the molecule is COc1cccc(NC(=O)[C@@H]2Cc3ccccc3N3CCN(c4ccccc4)C[C@H]23)c1. The van der Waals surface area contributed by atoms with Crippen LogP contribution in [-0.2, 0) is 11.2 Å². The zero-order valence-electron chi connectivity index (χ0n) is 17.7. The second kappa shape index (κ2) is 8.34. The van der Waals surface area contributed by atoms with E-state index in [4.69, 9.17) is 4.74 Å². The number of carbonyl (C=O) groups is 1. The Labute approximate surface area is 183 Å². The minimum absolute atomic E-state index is 0.0627. The van der Waals surface area contributed by atoms with E-state index in [2.05, 4.69) is 63.6 Å². The number of para-hydroxylation sites is 2.